The van der Waals surface area contributed by atoms with Crippen LogP contribution < -0.4 is 20.7 Å². The fourth-order valence-electron chi connectivity index (χ4n) is 3.34. The van der Waals surface area contributed by atoms with Gasteiger partial charge in [-0.15, -0.1) is 0 Å². The molecule has 0 fully saturated rings. The maximum absolute atomic E-state index is 12.4. The number of rotatable bonds is 7. The van der Waals surface area contributed by atoms with Crippen LogP contribution in [0.5, 0.6) is 5.75 Å². The number of fused-ring (bicyclic) bond motifs is 1. The van der Waals surface area contributed by atoms with E-state index in [4.69, 9.17) is 4.74 Å². The molecule has 0 saturated carbocycles. The summed E-state index contributed by atoms with van der Waals surface area (Å²) in [5.74, 6) is 0.627. The van der Waals surface area contributed by atoms with E-state index in [0.717, 1.165) is 27.8 Å². The van der Waals surface area contributed by atoms with Gasteiger partial charge in [0.25, 0.3) is 5.91 Å². The van der Waals surface area contributed by atoms with Crippen LogP contribution in [0.4, 0.5) is 10.5 Å². The standard InChI is InChI=1S/C25H24N4O3/c1-26-24(30)23-14-19-13-20(10-11-22(19)29-23)28-25(31)27-15-17-6-5-7-18(12-17)16-32-21-8-3-2-4-9-21/h2-14,29H,15-16H2,1H3,(H,26,30)(H2,27,28,31). The highest BCUT2D eigenvalue weighted by Gasteiger charge is 2.09. The number of para-hydroxylation sites is 1. The van der Waals surface area contributed by atoms with E-state index in [1.54, 1.807) is 19.2 Å². The molecule has 1 heterocycles. The SMILES string of the molecule is CNC(=O)c1cc2cc(NC(=O)NCc3cccc(COc4ccccc4)c3)ccc2[nH]1. The Hall–Kier alpha value is -4.26. The van der Waals surface area contributed by atoms with Gasteiger partial charge in [-0.2, -0.15) is 0 Å². The molecule has 0 aliphatic heterocycles. The van der Waals surface area contributed by atoms with Gasteiger partial charge in [0, 0.05) is 30.2 Å². The van der Waals surface area contributed by atoms with E-state index in [0.29, 0.717) is 24.5 Å². The molecule has 3 aromatic carbocycles. The molecule has 3 amide bonds. The molecule has 0 spiro atoms. The Morgan fingerprint density at radius 1 is 0.906 bits per heavy atom. The van der Waals surface area contributed by atoms with Crippen molar-refractivity contribution in [3.05, 3.63) is 95.7 Å². The van der Waals surface area contributed by atoms with Crippen molar-refractivity contribution < 1.29 is 14.3 Å². The third kappa shape index (κ3) is 5.26. The van der Waals surface area contributed by atoms with Gasteiger partial charge in [0.1, 0.15) is 18.1 Å². The highest BCUT2D eigenvalue weighted by molar-refractivity contribution is 5.99. The third-order valence-corrected chi connectivity index (χ3v) is 4.94. The van der Waals surface area contributed by atoms with E-state index in [-0.39, 0.29) is 11.9 Å². The predicted octanol–water partition coefficient (Wildman–Crippen LogP) is 4.43. The number of nitrogens with one attached hydrogen (secondary N) is 4. The maximum atomic E-state index is 12.4. The van der Waals surface area contributed by atoms with Gasteiger partial charge in [0.05, 0.1) is 0 Å². The molecule has 32 heavy (non-hydrogen) atoms. The Labute approximate surface area is 185 Å². The minimum Gasteiger partial charge on any atom is -0.489 e. The lowest BCUT2D eigenvalue weighted by Gasteiger charge is -2.10. The summed E-state index contributed by atoms with van der Waals surface area (Å²) in [4.78, 5) is 27.2. The monoisotopic (exact) mass is 428 g/mol. The number of H-pyrrole nitrogens is 1. The van der Waals surface area contributed by atoms with Crippen LogP contribution in [0, 0.1) is 0 Å². The molecule has 4 rings (SSSR count). The quantitative estimate of drug-likeness (QED) is 0.351. The molecule has 4 aromatic rings. The van der Waals surface area contributed by atoms with Crippen LogP contribution in [0.2, 0.25) is 0 Å². The van der Waals surface area contributed by atoms with Gasteiger partial charge in [0.15, 0.2) is 0 Å². The van der Waals surface area contributed by atoms with Gasteiger partial charge in [-0.05, 0) is 47.5 Å². The number of amides is 3. The molecule has 1 aromatic heterocycles. The van der Waals surface area contributed by atoms with Crippen LogP contribution in [-0.4, -0.2) is 24.0 Å². The van der Waals surface area contributed by atoms with Gasteiger partial charge < -0.3 is 25.7 Å². The average molecular weight is 428 g/mol. The topological polar surface area (TPSA) is 95.2 Å². The molecular formula is C25H24N4O3. The Bertz CT molecular complexity index is 1230. The van der Waals surface area contributed by atoms with Crippen molar-refractivity contribution >= 4 is 28.5 Å². The molecular weight excluding hydrogens is 404 g/mol. The molecule has 0 radical (unpaired) electrons. The number of anilines is 1. The summed E-state index contributed by atoms with van der Waals surface area (Å²) in [6.45, 7) is 0.844. The summed E-state index contributed by atoms with van der Waals surface area (Å²) >= 11 is 0. The van der Waals surface area contributed by atoms with Crippen molar-refractivity contribution in [1.29, 1.82) is 0 Å². The lowest BCUT2D eigenvalue weighted by Crippen LogP contribution is -2.28. The van der Waals surface area contributed by atoms with Crippen LogP contribution in [0.15, 0.2) is 78.9 Å². The van der Waals surface area contributed by atoms with Crippen molar-refractivity contribution in [3.63, 3.8) is 0 Å². The first kappa shape index (κ1) is 21.0. The highest BCUT2D eigenvalue weighted by atomic mass is 16.5. The molecule has 0 unspecified atom stereocenters. The highest BCUT2D eigenvalue weighted by Crippen LogP contribution is 2.20. The van der Waals surface area contributed by atoms with Gasteiger partial charge in [-0.1, -0.05) is 42.5 Å². The lowest BCUT2D eigenvalue weighted by molar-refractivity contribution is 0.0959. The Balaban J connectivity index is 1.32. The zero-order chi connectivity index (χ0) is 22.3. The van der Waals surface area contributed by atoms with Crippen LogP contribution in [0.25, 0.3) is 10.9 Å². The number of benzene rings is 3. The number of hydrogen-bond acceptors (Lipinski definition) is 3. The number of aromatic amines is 1. The molecule has 0 bridgehead atoms. The third-order valence-electron chi connectivity index (χ3n) is 4.94. The van der Waals surface area contributed by atoms with Gasteiger partial charge in [0.2, 0.25) is 0 Å². The largest absolute Gasteiger partial charge is 0.489 e. The van der Waals surface area contributed by atoms with Gasteiger partial charge in [-0.25, -0.2) is 4.79 Å². The number of carbonyl (C=O) groups is 2. The van der Waals surface area contributed by atoms with Crippen molar-refractivity contribution in [2.45, 2.75) is 13.2 Å². The minimum absolute atomic E-state index is 0.190. The maximum Gasteiger partial charge on any atom is 0.319 e. The van der Waals surface area contributed by atoms with E-state index in [9.17, 15) is 9.59 Å². The van der Waals surface area contributed by atoms with Crippen LogP contribution >= 0.6 is 0 Å². The minimum atomic E-state index is -0.308. The molecule has 0 saturated heterocycles. The normalized spacial score (nSPS) is 10.5. The van der Waals surface area contributed by atoms with E-state index >= 15 is 0 Å². The number of urea groups is 1. The van der Waals surface area contributed by atoms with Crippen LogP contribution in [0.1, 0.15) is 21.6 Å². The van der Waals surface area contributed by atoms with Crippen molar-refractivity contribution in [1.82, 2.24) is 15.6 Å². The first-order valence-electron chi connectivity index (χ1n) is 10.3. The second kappa shape index (κ2) is 9.70. The predicted molar refractivity (Wildman–Crippen MR) is 125 cm³/mol. The zero-order valence-electron chi connectivity index (χ0n) is 17.6. The molecule has 7 nitrogen and oxygen atoms in total. The van der Waals surface area contributed by atoms with E-state index in [2.05, 4.69) is 20.9 Å². The molecule has 0 atom stereocenters. The molecule has 0 aliphatic rings. The summed E-state index contributed by atoms with van der Waals surface area (Å²) in [5.41, 5.74) is 3.94. The number of hydrogen-bond donors (Lipinski definition) is 4. The summed E-state index contributed by atoms with van der Waals surface area (Å²) in [7, 11) is 1.58. The van der Waals surface area contributed by atoms with Crippen LogP contribution in [-0.2, 0) is 13.2 Å². The molecule has 4 N–H and O–H groups in total. The first-order chi connectivity index (χ1) is 15.6. The molecule has 0 aliphatic carbocycles. The summed E-state index contributed by atoms with van der Waals surface area (Å²) in [6.07, 6.45) is 0. The average Bonchev–Trinajstić information content (AvgIpc) is 3.25. The summed E-state index contributed by atoms with van der Waals surface area (Å²) in [6, 6.07) is 24.4. The lowest BCUT2D eigenvalue weighted by atomic mass is 10.1. The van der Waals surface area contributed by atoms with E-state index in [1.165, 1.54) is 0 Å². The molecule has 162 valence electrons. The zero-order valence-corrected chi connectivity index (χ0v) is 17.6. The summed E-state index contributed by atoms with van der Waals surface area (Å²) in [5, 5.41) is 9.12. The van der Waals surface area contributed by atoms with Gasteiger partial charge >= 0.3 is 6.03 Å². The van der Waals surface area contributed by atoms with Gasteiger partial charge in [-0.3, -0.25) is 4.79 Å². The number of ether oxygens (including phenoxy) is 1. The number of carbonyl (C=O) groups excluding carboxylic acids is 2. The Morgan fingerprint density at radius 2 is 1.72 bits per heavy atom. The molecule has 7 heteroatoms. The van der Waals surface area contributed by atoms with Crippen LogP contribution in [0.3, 0.4) is 0 Å². The van der Waals surface area contributed by atoms with Crippen molar-refractivity contribution in [2.75, 3.05) is 12.4 Å². The van der Waals surface area contributed by atoms with Crippen molar-refractivity contribution in [2.24, 2.45) is 0 Å². The summed E-state index contributed by atoms with van der Waals surface area (Å²) < 4.78 is 5.78. The Kier molecular flexibility index (Phi) is 6.36. The fourth-order valence-corrected chi connectivity index (χ4v) is 3.34. The van der Waals surface area contributed by atoms with Crippen molar-refractivity contribution in [3.8, 4) is 5.75 Å². The fraction of sp³-hybridized carbons (Fsp3) is 0.120. The Morgan fingerprint density at radius 3 is 2.53 bits per heavy atom. The number of aromatic nitrogens is 1. The smallest absolute Gasteiger partial charge is 0.319 e. The van der Waals surface area contributed by atoms with E-state index < -0.39 is 0 Å². The second-order valence-corrected chi connectivity index (χ2v) is 7.29. The second-order valence-electron chi connectivity index (χ2n) is 7.29. The van der Waals surface area contributed by atoms with E-state index in [1.807, 2.05) is 66.7 Å². The first-order valence-corrected chi connectivity index (χ1v) is 10.3.